The Balaban J connectivity index is 1.62. The van der Waals surface area contributed by atoms with Gasteiger partial charge in [0.25, 0.3) is 16.6 Å². The summed E-state index contributed by atoms with van der Waals surface area (Å²) in [5.74, 6) is -0.109. The minimum absolute atomic E-state index is 0.258. The van der Waals surface area contributed by atoms with Crippen LogP contribution in [0.15, 0.2) is 194 Å². The molecule has 0 aliphatic rings. The first-order valence-electron chi connectivity index (χ1n) is 16.8. The van der Waals surface area contributed by atoms with E-state index >= 15 is 0 Å². The molecule has 6 rings (SSSR count). The number of ether oxygens (including phenoxy) is 1. The van der Waals surface area contributed by atoms with Crippen molar-refractivity contribution in [3.8, 4) is 0 Å². The first kappa shape index (κ1) is 35.1. The number of carbonyl (C=O) groups excluding carboxylic acids is 1. The number of rotatable bonds is 14. The lowest BCUT2D eigenvalue weighted by atomic mass is 10.3. The first-order chi connectivity index (χ1) is 24.6. The van der Waals surface area contributed by atoms with Crippen molar-refractivity contribution in [2.24, 2.45) is 0 Å². The summed E-state index contributed by atoms with van der Waals surface area (Å²) in [6.07, 6.45) is 1.38. The van der Waals surface area contributed by atoms with E-state index in [2.05, 4.69) is 72.8 Å². The van der Waals surface area contributed by atoms with Gasteiger partial charge in [0.05, 0.1) is 18.4 Å². The quantitative estimate of drug-likeness (QED) is 0.0535. The topological polar surface area (TPSA) is 54.0 Å². The lowest BCUT2D eigenvalue weighted by Crippen LogP contribution is -2.75. The predicted molar refractivity (Wildman–Crippen MR) is 207 cm³/mol. The van der Waals surface area contributed by atoms with Crippen LogP contribution in [0.5, 0.6) is 0 Å². The van der Waals surface area contributed by atoms with Crippen molar-refractivity contribution in [2.75, 3.05) is 6.61 Å². The molecule has 0 aliphatic heterocycles. The number of allylic oxidation sites excluding steroid dienone is 1. The fraction of sp³-hybridized carbons (Fsp3) is 0.0714. The monoisotopic (exact) mass is 706 g/mol. The highest BCUT2D eigenvalue weighted by Crippen LogP contribution is 2.19. The molecule has 50 heavy (non-hydrogen) atoms. The van der Waals surface area contributed by atoms with Gasteiger partial charge >= 0.3 is 21.1 Å². The van der Waals surface area contributed by atoms with E-state index in [-0.39, 0.29) is 6.61 Å². The standard InChI is InChI=1S/2C18H15OSi.C6H10O3.Al/c2*19-20(16-10-4-1-5-11-16,17-12-6-2-7-13-17)18-14-8-3-9-15-18;1-3-9-6(8)4-5(2)7;/h2*1-15H;4,7H,3H2,1-2H3;/q2*-1;;+3/p-1/b;;5-4-;. The Morgan fingerprint density at radius 3 is 1.00 bits per heavy atom. The summed E-state index contributed by atoms with van der Waals surface area (Å²) >= 11 is -3.29. The minimum Gasteiger partial charge on any atom is -0.603 e. The summed E-state index contributed by atoms with van der Waals surface area (Å²) < 4.78 is 27.5. The second-order valence-corrected chi connectivity index (χ2v) is 20.6. The number of carbonyl (C=O) groups is 1. The Bertz CT molecular complexity index is 1640. The van der Waals surface area contributed by atoms with Gasteiger partial charge in [-0.3, -0.25) is 0 Å². The van der Waals surface area contributed by atoms with E-state index in [0.29, 0.717) is 5.76 Å². The van der Waals surface area contributed by atoms with Crippen LogP contribution in [0.4, 0.5) is 0 Å². The van der Waals surface area contributed by atoms with E-state index in [9.17, 15) is 4.79 Å². The molecule has 0 saturated heterocycles. The van der Waals surface area contributed by atoms with Crippen LogP contribution in [0.1, 0.15) is 13.8 Å². The molecule has 248 valence electrons. The van der Waals surface area contributed by atoms with Gasteiger partial charge in [-0.05, 0) is 45.0 Å². The Morgan fingerprint density at radius 2 is 0.760 bits per heavy atom. The summed E-state index contributed by atoms with van der Waals surface area (Å²) in [5.41, 5.74) is 0. The van der Waals surface area contributed by atoms with Gasteiger partial charge in [0, 0.05) is 0 Å². The summed E-state index contributed by atoms with van der Waals surface area (Å²) in [5, 5.41) is 6.34. The van der Waals surface area contributed by atoms with Crippen LogP contribution in [-0.4, -0.2) is 44.4 Å². The molecule has 0 amide bonds. The highest BCUT2D eigenvalue weighted by molar-refractivity contribution is 7.11. The Hall–Kier alpha value is -4.78. The normalized spacial score (nSPS) is 11.8. The van der Waals surface area contributed by atoms with Crippen LogP contribution in [0.2, 0.25) is 0 Å². The van der Waals surface area contributed by atoms with Crippen molar-refractivity contribution in [3.63, 3.8) is 0 Å². The average molecular weight is 707 g/mol. The molecular weight excluding hydrogens is 668 g/mol. The van der Waals surface area contributed by atoms with Gasteiger partial charge < -0.3 is 15.5 Å². The van der Waals surface area contributed by atoms with Gasteiger partial charge in [0.2, 0.25) is 0 Å². The molecule has 0 atom stereocenters. The Morgan fingerprint density at radius 1 is 0.500 bits per heavy atom. The van der Waals surface area contributed by atoms with E-state index in [1.165, 1.54) is 6.08 Å². The maximum absolute atomic E-state index is 12.7. The van der Waals surface area contributed by atoms with Gasteiger partial charge in [-0.2, -0.15) is 0 Å². The molecule has 0 N–H and O–H groups in total. The third kappa shape index (κ3) is 7.67. The summed E-state index contributed by atoms with van der Waals surface area (Å²) in [6, 6.07) is 62.3. The van der Waals surface area contributed by atoms with Crippen LogP contribution >= 0.6 is 0 Å². The fourth-order valence-corrected chi connectivity index (χ4v) is 19.3. The van der Waals surface area contributed by atoms with E-state index in [1.807, 2.05) is 109 Å². The van der Waals surface area contributed by atoms with Crippen molar-refractivity contribution in [3.05, 3.63) is 194 Å². The fourth-order valence-electron chi connectivity index (χ4n) is 6.34. The predicted octanol–water partition coefficient (Wildman–Crippen LogP) is 4.82. The Kier molecular flexibility index (Phi) is 11.7. The smallest absolute Gasteiger partial charge is 0.603 e. The lowest BCUT2D eigenvalue weighted by Gasteiger charge is -2.39. The lowest BCUT2D eigenvalue weighted by molar-refractivity contribution is -0.137. The molecule has 0 unspecified atom stereocenters. The molecule has 0 heterocycles. The summed E-state index contributed by atoms with van der Waals surface area (Å²) in [7, 11) is -6.64. The van der Waals surface area contributed by atoms with E-state index in [4.69, 9.17) is 15.5 Å². The van der Waals surface area contributed by atoms with Crippen LogP contribution in [0.3, 0.4) is 0 Å². The Labute approximate surface area is 302 Å². The molecule has 6 aromatic rings. The van der Waals surface area contributed by atoms with E-state index in [1.54, 1.807) is 13.8 Å². The maximum Gasteiger partial charge on any atom is 0.980 e. The molecule has 0 aromatic heterocycles. The zero-order valence-corrected chi connectivity index (χ0v) is 31.4. The summed E-state index contributed by atoms with van der Waals surface area (Å²) in [4.78, 5) is 12.7. The van der Waals surface area contributed by atoms with Gasteiger partial charge in [-0.15, -0.1) is 0 Å². The molecule has 6 aromatic carbocycles. The van der Waals surface area contributed by atoms with E-state index in [0.717, 1.165) is 31.1 Å². The van der Waals surface area contributed by atoms with E-state index < -0.39 is 37.8 Å². The van der Waals surface area contributed by atoms with Gasteiger partial charge in [0.1, 0.15) is 0 Å². The minimum atomic E-state index is -3.32. The molecular formula is C42H39AlO5Si2. The number of hydrogen-bond donors (Lipinski definition) is 0. The second kappa shape index (κ2) is 16.7. The van der Waals surface area contributed by atoms with Gasteiger partial charge in [-0.25, -0.2) is 4.79 Å². The zero-order valence-electron chi connectivity index (χ0n) is 28.2. The van der Waals surface area contributed by atoms with Crippen LogP contribution in [0.25, 0.3) is 0 Å². The average Bonchev–Trinajstić information content (AvgIpc) is 3.18. The number of hydrogen-bond acceptors (Lipinski definition) is 5. The third-order valence-corrected chi connectivity index (χ3v) is 20.3. The molecule has 0 saturated carbocycles. The molecule has 5 nitrogen and oxygen atoms in total. The van der Waals surface area contributed by atoms with Crippen LogP contribution in [-0.2, 0) is 20.3 Å². The molecule has 0 bridgehead atoms. The maximum atomic E-state index is 12.7. The summed E-state index contributed by atoms with van der Waals surface area (Å²) in [6.45, 7) is 3.80. The van der Waals surface area contributed by atoms with Crippen molar-refractivity contribution in [1.82, 2.24) is 0 Å². The van der Waals surface area contributed by atoms with Crippen molar-refractivity contribution in [1.29, 1.82) is 0 Å². The van der Waals surface area contributed by atoms with Crippen LogP contribution in [0, 0.1) is 0 Å². The SMILES string of the molecule is CCOC(=O)/C=C(/C)[O][Al]([O][Si](c1ccccc1)(c1ccccc1)c1ccccc1)[O][Si](c1ccccc1)(c1ccccc1)c1ccccc1. The van der Waals surface area contributed by atoms with Crippen molar-refractivity contribution in [2.45, 2.75) is 13.8 Å². The van der Waals surface area contributed by atoms with Gasteiger partial charge in [-0.1, -0.05) is 182 Å². The van der Waals surface area contributed by atoms with Crippen LogP contribution < -0.4 is 31.1 Å². The molecule has 0 spiro atoms. The molecule has 0 radical (unpaired) electrons. The van der Waals surface area contributed by atoms with Gasteiger partial charge in [0.15, 0.2) is 0 Å². The molecule has 0 fully saturated rings. The third-order valence-electron chi connectivity index (χ3n) is 8.52. The van der Waals surface area contributed by atoms with Crippen molar-refractivity contribution >= 4 is 68.9 Å². The van der Waals surface area contributed by atoms with Crippen molar-refractivity contribution < 1.29 is 20.3 Å². The second-order valence-electron chi connectivity index (χ2n) is 11.7. The largest absolute Gasteiger partial charge is 0.980 e. The molecule has 0 aliphatic carbocycles. The zero-order chi connectivity index (χ0) is 34.7. The number of esters is 1. The number of benzene rings is 6. The highest BCUT2D eigenvalue weighted by atomic mass is 28.4. The first-order valence-corrected chi connectivity index (χ1v) is 22.0. The molecule has 8 heteroatoms. The highest BCUT2D eigenvalue weighted by Gasteiger charge is 2.56.